The second-order valence-electron chi connectivity index (χ2n) is 5.56. The molecule has 2 N–H and O–H groups in total. The first-order valence-corrected chi connectivity index (χ1v) is 8.70. The van der Waals surface area contributed by atoms with E-state index in [1.165, 1.54) is 0 Å². The van der Waals surface area contributed by atoms with Gasteiger partial charge in [0.25, 0.3) is 5.91 Å². The molecule has 2 aromatic carbocycles. The van der Waals surface area contributed by atoms with Crippen molar-refractivity contribution in [1.29, 1.82) is 0 Å². The minimum atomic E-state index is -0.257. The molecule has 2 aromatic rings. The van der Waals surface area contributed by atoms with Crippen molar-refractivity contribution >= 4 is 44.9 Å². The number of rotatable bonds is 4. The van der Waals surface area contributed by atoms with Crippen LogP contribution in [0.4, 0.5) is 5.69 Å². The molecule has 0 unspecified atom stereocenters. The zero-order valence-corrected chi connectivity index (χ0v) is 16.1. The number of hydrogen-bond donors (Lipinski definition) is 2. The van der Waals surface area contributed by atoms with Gasteiger partial charge >= 0.3 is 0 Å². The summed E-state index contributed by atoms with van der Waals surface area (Å²) in [5.74, 6) is 0.531. The summed E-state index contributed by atoms with van der Waals surface area (Å²) in [4.78, 5) is 12.2. The highest BCUT2D eigenvalue weighted by atomic mass is 79.9. The van der Waals surface area contributed by atoms with Gasteiger partial charge in [0.1, 0.15) is 5.75 Å². The summed E-state index contributed by atoms with van der Waals surface area (Å²) < 4.78 is 6.47. The Bertz CT molecular complexity index is 745. The van der Waals surface area contributed by atoms with Crippen molar-refractivity contribution < 1.29 is 9.53 Å². The van der Waals surface area contributed by atoms with Crippen LogP contribution in [0, 0.1) is 6.92 Å². The predicted octanol–water partition coefficient (Wildman–Crippen LogP) is 4.67. The number of thiocarbonyl (C=S) groups is 1. The number of aryl methyl sites for hydroxylation is 1. The molecule has 1 amide bonds. The topological polar surface area (TPSA) is 50.4 Å². The Balaban J connectivity index is 1.94. The van der Waals surface area contributed by atoms with Gasteiger partial charge in [0.05, 0.1) is 6.10 Å². The van der Waals surface area contributed by atoms with Gasteiger partial charge < -0.3 is 10.1 Å². The average Bonchev–Trinajstić information content (AvgIpc) is 2.51. The van der Waals surface area contributed by atoms with Crippen molar-refractivity contribution in [3.8, 4) is 5.75 Å². The van der Waals surface area contributed by atoms with Crippen LogP contribution in [0.3, 0.4) is 0 Å². The monoisotopic (exact) mass is 406 g/mol. The molecule has 0 spiro atoms. The number of carbonyl (C=O) groups is 1. The Morgan fingerprint density at radius 1 is 1.17 bits per heavy atom. The van der Waals surface area contributed by atoms with Crippen LogP contribution in [0.15, 0.2) is 46.9 Å². The molecule has 24 heavy (non-hydrogen) atoms. The molecule has 126 valence electrons. The maximum absolute atomic E-state index is 12.2. The van der Waals surface area contributed by atoms with E-state index in [0.717, 1.165) is 21.5 Å². The highest BCUT2D eigenvalue weighted by Crippen LogP contribution is 2.18. The summed E-state index contributed by atoms with van der Waals surface area (Å²) in [7, 11) is 0. The maximum atomic E-state index is 12.2. The number of hydrogen-bond acceptors (Lipinski definition) is 3. The molecule has 2 rings (SSSR count). The predicted molar refractivity (Wildman–Crippen MR) is 105 cm³/mol. The molecule has 0 aliphatic rings. The van der Waals surface area contributed by atoms with E-state index in [-0.39, 0.29) is 17.1 Å². The first kappa shape index (κ1) is 18.4. The highest BCUT2D eigenvalue weighted by molar-refractivity contribution is 9.10. The minimum Gasteiger partial charge on any atom is -0.491 e. The SMILES string of the molecule is Cc1ccc(C(=O)NC(=S)Nc2ccc(OC(C)C)cc2)cc1Br. The fraction of sp³-hybridized carbons (Fsp3) is 0.222. The summed E-state index contributed by atoms with van der Waals surface area (Å²) in [6, 6.07) is 12.8. The van der Waals surface area contributed by atoms with E-state index in [2.05, 4.69) is 26.6 Å². The lowest BCUT2D eigenvalue weighted by Gasteiger charge is -2.12. The van der Waals surface area contributed by atoms with E-state index >= 15 is 0 Å². The summed E-state index contributed by atoms with van der Waals surface area (Å²) >= 11 is 8.61. The normalized spacial score (nSPS) is 10.4. The Kier molecular flexibility index (Phi) is 6.34. The molecule has 0 fully saturated rings. The van der Waals surface area contributed by atoms with E-state index in [1.807, 2.05) is 51.1 Å². The summed E-state index contributed by atoms with van der Waals surface area (Å²) in [6.07, 6.45) is 0.123. The van der Waals surface area contributed by atoms with Crippen LogP contribution in [-0.4, -0.2) is 17.1 Å². The number of nitrogens with one attached hydrogen (secondary N) is 2. The van der Waals surface area contributed by atoms with Gasteiger partial charge in [0.15, 0.2) is 5.11 Å². The lowest BCUT2D eigenvalue weighted by Crippen LogP contribution is -2.34. The lowest BCUT2D eigenvalue weighted by molar-refractivity contribution is 0.0977. The number of carbonyl (C=O) groups excluding carboxylic acids is 1. The highest BCUT2D eigenvalue weighted by Gasteiger charge is 2.09. The second kappa shape index (κ2) is 8.26. The number of halogens is 1. The van der Waals surface area contributed by atoms with Crippen LogP contribution in [-0.2, 0) is 0 Å². The first-order chi connectivity index (χ1) is 11.3. The standard InChI is InChI=1S/C18H19BrN2O2S/c1-11(2)23-15-8-6-14(7-9-15)20-18(24)21-17(22)13-5-4-12(3)16(19)10-13/h4-11H,1-3H3,(H2,20,21,22,24). The fourth-order valence-corrected chi connectivity index (χ4v) is 2.55. The molecule has 0 bridgehead atoms. The number of amides is 1. The zero-order chi connectivity index (χ0) is 17.7. The molecular formula is C18H19BrN2O2S. The maximum Gasteiger partial charge on any atom is 0.257 e. The van der Waals surface area contributed by atoms with Crippen LogP contribution < -0.4 is 15.4 Å². The largest absolute Gasteiger partial charge is 0.491 e. The Morgan fingerprint density at radius 3 is 2.42 bits per heavy atom. The Morgan fingerprint density at radius 2 is 1.83 bits per heavy atom. The number of anilines is 1. The molecule has 0 radical (unpaired) electrons. The zero-order valence-electron chi connectivity index (χ0n) is 13.7. The molecule has 0 aliphatic carbocycles. The molecule has 6 heteroatoms. The van der Waals surface area contributed by atoms with Gasteiger partial charge in [0, 0.05) is 15.7 Å². The van der Waals surface area contributed by atoms with Crippen LogP contribution in [0.25, 0.3) is 0 Å². The molecular weight excluding hydrogens is 388 g/mol. The van der Waals surface area contributed by atoms with E-state index in [1.54, 1.807) is 12.1 Å². The molecule has 0 atom stereocenters. The summed E-state index contributed by atoms with van der Waals surface area (Å²) in [5.41, 5.74) is 2.38. The quantitative estimate of drug-likeness (QED) is 0.724. The first-order valence-electron chi connectivity index (χ1n) is 7.50. The molecule has 4 nitrogen and oxygen atoms in total. The molecule has 0 heterocycles. The average molecular weight is 407 g/mol. The van der Waals surface area contributed by atoms with Crippen molar-refractivity contribution in [3.05, 3.63) is 58.1 Å². The number of benzene rings is 2. The fourth-order valence-electron chi connectivity index (χ4n) is 1.96. The molecule has 0 aliphatic heterocycles. The summed E-state index contributed by atoms with van der Waals surface area (Å²) in [6.45, 7) is 5.91. The lowest BCUT2D eigenvalue weighted by atomic mass is 10.1. The van der Waals surface area contributed by atoms with Gasteiger partial charge in [-0.05, 0) is 75.0 Å². The second-order valence-corrected chi connectivity index (χ2v) is 6.83. The number of ether oxygens (including phenoxy) is 1. The van der Waals surface area contributed by atoms with Gasteiger partial charge in [-0.2, -0.15) is 0 Å². The van der Waals surface area contributed by atoms with E-state index in [0.29, 0.717) is 5.56 Å². The third-order valence-corrected chi connectivity index (χ3v) is 4.20. The van der Waals surface area contributed by atoms with E-state index in [4.69, 9.17) is 17.0 Å². The third kappa shape index (κ3) is 5.32. The van der Waals surface area contributed by atoms with Gasteiger partial charge in [-0.15, -0.1) is 0 Å². The van der Waals surface area contributed by atoms with Gasteiger partial charge in [-0.25, -0.2) is 0 Å². The van der Waals surface area contributed by atoms with Crippen molar-refractivity contribution in [2.75, 3.05) is 5.32 Å². The molecule has 0 saturated heterocycles. The van der Waals surface area contributed by atoms with Gasteiger partial charge in [-0.1, -0.05) is 22.0 Å². The van der Waals surface area contributed by atoms with Crippen molar-refractivity contribution in [2.45, 2.75) is 26.9 Å². The Hall–Kier alpha value is -1.92. The van der Waals surface area contributed by atoms with E-state index < -0.39 is 0 Å². The van der Waals surface area contributed by atoms with Crippen molar-refractivity contribution in [2.24, 2.45) is 0 Å². The minimum absolute atomic E-state index is 0.123. The van der Waals surface area contributed by atoms with Crippen molar-refractivity contribution in [1.82, 2.24) is 5.32 Å². The smallest absolute Gasteiger partial charge is 0.257 e. The third-order valence-electron chi connectivity index (χ3n) is 3.15. The molecule has 0 aromatic heterocycles. The van der Waals surface area contributed by atoms with Gasteiger partial charge in [0.2, 0.25) is 0 Å². The Labute approximate surface area is 155 Å². The van der Waals surface area contributed by atoms with Crippen molar-refractivity contribution in [3.63, 3.8) is 0 Å². The van der Waals surface area contributed by atoms with Gasteiger partial charge in [-0.3, -0.25) is 10.1 Å². The van der Waals surface area contributed by atoms with E-state index in [9.17, 15) is 4.79 Å². The molecule has 0 saturated carbocycles. The van der Waals surface area contributed by atoms with Crippen LogP contribution >= 0.6 is 28.1 Å². The van der Waals surface area contributed by atoms with Crippen LogP contribution in [0.2, 0.25) is 0 Å². The summed E-state index contributed by atoms with van der Waals surface area (Å²) in [5, 5.41) is 5.89. The van der Waals surface area contributed by atoms with Crippen LogP contribution in [0.1, 0.15) is 29.8 Å². The van der Waals surface area contributed by atoms with Crippen LogP contribution in [0.5, 0.6) is 5.75 Å².